The summed E-state index contributed by atoms with van der Waals surface area (Å²) in [6, 6.07) is 6.94. The second-order valence-corrected chi connectivity index (χ2v) is 4.44. The number of carbonyl (C=O) groups is 1. The molecule has 0 aliphatic heterocycles. The number of nitrogens with two attached hydrogens (primary N) is 1. The van der Waals surface area contributed by atoms with Crippen LogP contribution in [-0.4, -0.2) is 15.7 Å². The third-order valence-corrected chi connectivity index (χ3v) is 2.91. The van der Waals surface area contributed by atoms with E-state index in [4.69, 9.17) is 5.73 Å². The van der Waals surface area contributed by atoms with E-state index in [-0.39, 0.29) is 5.91 Å². The Balaban J connectivity index is 2.04. The summed E-state index contributed by atoms with van der Waals surface area (Å²) >= 11 is 0. The number of nitrogen functional groups attached to an aromatic ring is 1. The van der Waals surface area contributed by atoms with Crippen LogP contribution in [0.25, 0.3) is 0 Å². The summed E-state index contributed by atoms with van der Waals surface area (Å²) in [7, 11) is 1.88. The average Bonchev–Trinajstić information content (AvgIpc) is 2.76. The number of aromatic nitrogens is 2. The van der Waals surface area contributed by atoms with Crippen LogP contribution in [-0.2, 0) is 20.0 Å². The number of nitrogens with zero attached hydrogens (tertiary/aromatic N) is 2. The molecular formula is C14H18N4O. The third-order valence-electron chi connectivity index (χ3n) is 2.91. The zero-order valence-corrected chi connectivity index (χ0v) is 11.2. The first-order chi connectivity index (χ1) is 9.10. The van der Waals surface area contributed by atoms with Crippen LogP contribution in [0.4, 0.5) is 5.69 Å². The Morgan fingerprint density at radius 2 is 2.26 bits per heavy atom. The average molecular weight is 258 g/mol. The predicted octanol–water partition coefficient (Wildman–Crippen LogP) is 1.49. The topological polar surface area (TPSA) is 72.9 Å². The molecule has 0 spiro atoms. The molecule has 5 heteroatoms. The highest BCUT2D eigenvalue weighted by Gasteiger charge is 2.09. The molecule has 1 aromatic heterocycles. The lowest BCUT2D eigenvalue weighted by atomic mass is 10.1. The van der Waals surface area contributed by atoms with Gasteiger partial charge in [0.05, 0.1) is 5.69 Å². The molecule has 1 aromatic carbocycles. The molecule has 2 rings (SSSR count). The summed E-state index contributed by atoms with van der Waals surface area (Å²) in [5, 5.41) is 7.22. The Morgan fingerprint density at radius 1 is 1.47 bits per heavy atom. The monoisotopic (exact) mass is 258 g/mol. The van der Waals surface area contributed by atoms with Gasteiger partial charge in [-0.15, -0.1) is 0 Å². The molecule has 100 valence electrons. The van der Waals surface area contributed by atoms with Gasteiger partial charge in [-0.3, -0.25) is 9.48 Å². The van der Waals surface area contributed by atoms with Crippen molar-refractivity contribution in [2.24, 2.45) is 7.05 Å². The van der Waals surface area contributed by atoms with Crippen LogP contribution in [0, 0.1) is 0 Å². The minimum atomic E-state index is -0.127. The van der Waals surface area contributed by atoms with Gasteiger partial charge in [0.25, 0.3) is 5.91 Å². The smallest absolute Gasteiger partial charge is 0.251 e. The highest BCUT2D eigenvalue weighted by Crippen LogP contribution is 2.09. The zero-order chi connectivity index (χ0) is 13.8. The van der Waals surface area contributed by atoms with Crippen molar-refractivity contribution in [1.29, 1.82) is 0 Å². The first-order valence-electron chi connectivity index (χ1n) is 6.25. The number of hydrogen-bond donors (Lipinski definition) is 2. The fourth-order valence-corrected chi connectivity index (χ4v) is 1.99. The summed E-state index contributed by atoms with van der Waals surface area (Å²) in [5.41, 5.74) is 8.87. The molecule has 2 aromatic rings. The Hall–Kier alpha value is -2.30. The molecule has 1 amide bonds. The lowest BCUT2D eigenvalue weighted by Crippen LogP contribution is -2.23. The van der Waals surface area contributed by atoms with E-state index in [2.05, 4.69) is 10.4 Å². The Morgan fingerprint density at radius 3 is 2.95 bits per heavy atom. The summed E-state index contributed by atoms with van der Waals surface area (Å²) in [6.07, 6.45) is 2.78. The van der Waals surface area contributed by atoms with Crippen molar-refractivity contribution in [3.63, 3.8) is 0 Å². The minimum absolute atomic E-state index is 0.127. The molecule has 0 radical (unpaired) electrons. The molecule has 0 unspecified atom stereocenters. The molecule has 1 heterocycles. The minimum Gasteiger partial charge on any atom is -0.399 e. The van der Waals surface area contributed by atoms with Gasteiger partial charge < -0.3 is 11.1 Å². The number of rotatable bonds is 4. The van der Waals surface area contributed by atoms with E-state index in [1.54, 1.807) is 28.9 Å². The van der Waals surface area contributed by atoms with Crippen LogP contribution in [0.5, 0.6) is 0 Å². The first kappa shape index (κ1) is 13.1. The third kappa shape index (κ3) is 3.13. The fraction of sp³-hybridized carbons (Fsp3) is 0.286. The number of carbonyl (C=O) groups excluding carboxylic acids is 1. The Labute approximate surface area is 112 Å². The number of nitrogens with one attached hydrogen (secondary N) is 1. The molecule has 3 N–H and O–H groups in total. The maximum atomic E-state index is 12.0. The summed E-state index contributed by atoms with van der Waals surface area (Å²) in [6.45, 7) is 2.52. The second-order valence-electron chi connectivity index (χ2n) is 4.44. The first-order valence-corrected chi connectivity index (χ1v) is 6.25. The second kappa shape index (κ2) is 5.56. The molecule has 0 aliphatic rings. The highest BCUT2D eigenvalue weighted by atomic mass is 16.1. The fourth-order valence-electron chi connectivity index (χ4n) is 1.99. The van der Waals surface area contributed by atoms with E-state index in [1.807, 2.05) is 20.2 Å². The van der Waals surface area contributed by atoms with E-state index in [0.29, 0.717) is 17.8 Å². The van der Waals surface area contributed by atoms with Gasteiger partial charge in [-0.05, 0) is 24.6 Å². The van der Waals surface area contributed by atoms with Crippen molar-refractivity contribution in [3.8, 4) is 0 Å². The predicted molar refractivity (Wildman–Crippen MR) is 74.6 cm³/mol. The van der Waals surface area contributed by atoms with Crippen molar-refractivity contribution in [2.45, 2.75) is 19.9 Å². The van der Waals surface area contributed by atoms with Crippen molar-refractivity contribution in [3.05, 3.63) is 47.3 Å². The molecule has 0 saturated heterocycles. The molecule has 19 heavy (non-hydrogen) atoms. The quantitative estimate of drug-likeness (QED) is 0.816. The van der Waals surface area contributed by atoms with Crippen molar-refractivity contribution in [1.82, 2.24) is 15.1 Å². The van der Waals surface area contributed by atoms with Gasteiger partial charge >= 0.3 is 0 Å². The van der Waals surface area contributed by atoms with Gasteiger partial charge in [0.1, 0.15) is 0 Å². The van der Waals surface area contributed by atoms with Crippen LogP contribution in [0.2, 0.25) is 0 Å². The van der Waals surface area contributed by atoms with E-state index in [1.165, 1.54) is 0 Å². The van der Waals surface area contributed by atoms with E-state index < -0.39 is 0 Å². The SMILES string of the molecule is CCc1nn(C)cc1CNC(=O)c1cccc(N)c1. The van der Waals surface area contributed by atoms with E-state index >= 15 is 0 Å². The number of amides is 1. The molecule has 0 fully saturated rings. The molecular weight excluding hydrogens is 240 g/mol. The van der Waals surface area contributed by atoms with Crippen LogP contribution >= 0.6 is 0 Å². The largest absolute Gasteiger partial charge is 0.399 e. The molecule has 0 atom stereocenters. The maximum absolute atomic E-state index is 12.0. The normalized spacial score (nSPS) is 10.4. The van der Waals surface area contributed by atoms with Gasteiger partial charge in [0.15, 0.2) is 0 Å². The Bertz CT molecular complexity index is 589. The highest BCUT2D eigenvalue weighted by molar-refractivity contribution is 5.94. The van der Waals surface area contributed by atoms with Gasteiger partial charge in [-0.2, -0.15) is 5.10 Å². The number of hydrogen-bond acceptors (Lipinski definition) is 3. The van der Waals surface area contributed by atoms with E-state index in [9.17, 15) is 4.79 Å². The van der Waals surface area contributed by atoms with Gasteiger partial charge in [-0.25, -0.2) is 0 Å². The number of aryl methyl sites for hydroxylation is 2. The molecule has 0 aliphatic carbocycles. The zero-order valence-electron chi connectivity index (χ0n) is 11.2. The molecule has 0 bridgehead atoms. The number of anilines is 1. The van der Waals surface area contributed by atoms with Crippen LogP contribution in [0.15, 0.2) is 30.5 Å². The molecule has 5 nitrogen and oxygen atoms in total. The molecule has 0 saturated carbocycles. The summed E-state index contributed by atoms with van der Waals surface area (Å²) in [4.78, 5) is 12.0. The lowest BCUT2D eigenvalue weighted by Gasteiger charge is -2.05. The Kier molecular flexibility index (Phi) is 3.85. The summed E-state index contributed by atoms with van der Waals surface area (Å²) in [5.74, 6) is -0.127. The van der Waals surface area contributed by atoms with Gasteiger partial charge in [0.2, 0.25) is 0 Å². The lowest BCUT2D eigenvalue weighted by molar-refractivity contribution is 0.0951. The van der Waals surface area contributed by atoms with Crippen molar-refractivity contribution in [2.75, 3.05) is 5.73 Å². The summed E-state index contributed by atoms with van der Waals surface area (Å²) < 4.78 is 1.76. The van der Waals surface area contributed by atoms with Crippen LogP contribution in [0.1, 0.15) is 28.5 Å². The van der Waals surface area contributed by atoms with Crippen molar-refractivity contribution < 1.29 is 4.79 Å². The van der Waals surface area contributed by atoms with Crippen LogP contribution < -0.4 is 11.1 Å². The van der Waals surface area contributed by atoms with Crippen molar-refractivity contribution >= 4 is 11.6 Å². The van der Waals surface area contributed by atoms with Gasteiger partial charge in [-0.1, -0.05) is 13.0 Å². The van der Waals surface area contributed by atoms with Crippen LogP contribution in [0.3, 0.4) is 0 Å². The maximum Gasteiger partial charge on any atom is 0.251 e. The number of benzene rings is 1. The standard InChI is InChI=1S/C14H18N4O/c1-3-13-11(9-18(2)17-13)8-16-14(19)10-5-4-6-12(15)7-10/h4-7,9H,3,8,15H2,1-2H3,(H,16,19). The van der Waals surface area contributed by atoms with Gasteiger partial charge in [0, 0.05) is 36.6 Å². The van der Waals surface area contributed by atoms with E-state index in [0.717, 1.165) is 17.7 Å².